The van der Waals surface area contributed by atoms with Gasteiger partial charge in [-0.25, -0.2) is 0 Å². The van der Waals surface area contributed by atoms with Crippen LogP contribution in [-0.4, -0.2) is 6.04 Å². The topological polar surface area (TPSA) is 26.0 Å². The van der Waals surface area contributed by atoms with Gasteiger partial charge in [0.25, 0.3) is 0 Å². The van der Waals surface area contributed by atoms with Crippen molar-refractivity contribution in [3.05, 3.63) is 0 Å². The first-order valence-corrected chi connectivity index (χ1v) is 3.88. The summed E-state index contributed by atoms with van der Waals surface area (Å²) in [6.45, 7) is 4.72. The van der Waals surface area contributed by atoms with E-state index in [1.807, 2.05) is 0 Å². The first-order valence-electron chi connectivity index (χ1n) is 3.88. The molecule has 0 radical (unpaired) electrons. The molecule has 52 valence electrons. The van der Waals surface area contributed by atoms with Crippen LogP contribution in [-0.2, 0) is 0 Å². The van der Waals surface area contributed by atoms with E-state index >= 15 is 0 Å². The molecule has 0 unspecified atom stereocenters. The quantitative estimate of drug-likeness (QED) is 0.520. The van der Waals surface area contributed by atoms with Crippen LogP contribution in [0.25, 0.3) is 0 Å². The lowest BCUT2D eigenvalue weighted by atomic mass is 9.61. The third kappa shape index (κ3) is 0.493. The molecule has 3 saturated carbocycles. The predicted octanol–water partition coefficient (Wildman–Crippen LogP) is 1.38. The number of fused-ring (bicyclic) bond motifs is 1. The Balaban J connectivity index is 2.22. The molecule has 1 nitrogen and oxygen atoms in total. The van der Waals surface area contributed by atoms with Crippen molar-refractivity contribution in [2.45, 2.75) is 32.7 Å². The lowest BCUT2D eigenvalue weighted by molar-refractivity contribution is 0.0480. The summed E-state index contributed by atoms with van der Waals surface area (Å²) in [4.78, 5) is 0. The smallest absolute Gasteiger partial charge is 0.00753 e. The third-order valence-corrected chi connectivity index (χ3v) is 3.62. The van der Waals surface area contributed by atoms with Gasteiger partial charge in [-0.1, -0.05) is 13.8 Å². The van der Waals surface area contributed by atoms with Gasteiger partial charge in [-0.3, -0.25) is 0 Å². The van der Waals surface area contributed by atoms with Gasteiger partial charge in [-0.15, -0.1) is 0 Å². The summed E-state index contributed by atoms with van der Waals surface area (Å²) in [5.41, 5.74) is 6.49. The average molecular weight is 125 g/mol. The highest BCUT2D eigenvalue weighted by molar-refractivity contribution is 5.08. The van der Waals surface area contributed by atoms with Crippen LogP contribution in [0.2, 0.25) is 0 Å². The molecule has 3 aliphatic carbocycles. The fourth-order valence-corrected chi connectivity index (χ4v) is 2.68. The molecule has 1 heteroatoms. The minimum Gasteiger partial charge on any atom is -0.327 e. The van der Waals surface area contributed by atoms with Gasteiger partial charge in [0.1, 0.15) is 0 Å². The number of hydrogen-bond acceptors (Lipinski definition) is 1. The molecule has 0 aromatic heterocycles. The van der Waals surface area contributed by atoms with Crippen LogP contribution in [0.4, 0.5) is 0 Å². The summed E-state index contributed by atoms with van der Waals surface area (Å²) in [7, 11) is 0. The molecule has 3 fully saturated rings. The van der Waals surface area contributed by atoms with Gasteiger partial charge >= 0.3 is 0 Å². The number of hydrogen-bond donors (Lipinski definition) is 1. The second-order valence-corrected chi connectivity index (χ2v) is 4.26. The molecule has 3 rings (SSSR count). The zero-order valence-corrected chi connectivity index (χ0v) is 6.22. The monoisotopic (exact) mass is 125 g/mol. The summed E-state index contributed by atoms with van der Waals surface area (Å²) in [6, 6.07) is 0.532. The maximum atomic E-state index is 5.90. The SMILES string of the molecule is CC1(C)[C@H]2C[C@@H](N)[C@H]1C2. The van der Waals surface area contributed by atoms with Crippen LogP contribution >= 0.6 is 0 Å². The molecule has 3 aliphatic rings. The molecule has 0 amide bonds. The van der Waals surface area contributed by atoms with E-state index in [4.69, 9.17) is 5.73 Å². The lowest BCUT2D eigenvalue weighted by Gasteiger charge is -2.44. The van der Waals surface area contributed by atoms with Crippen LogP contribution in [0.5, 0.6) is 0 Å². The summed E-state index contributed by atoms with van der Waals surface area (Å²) in [6.07, 6.45) is 2.70. The Labute approximate surface area is 56.6 Å². The van der Waals surface area contributed by atoms with Crippen molar-refractivity contribution in [3.63, 3.8) is 0 Å². The van der Waals surface area contributed by atoms with Gasteiger partial charge in [-0.05, 0) is 30.1 Å². The molecule has 0 spiro atoms. The van der Waals surface area contributed by atoms with Crippen molar-refractivity contribution in [2.75, 3.05) is 0 Å². The maximum Gasteiger partial charge on any atom is 0.00753 e. The van der Waals surface area contributed by atoms with Crippen LogP contribution < -0.4 is 5.73 Å². The molecule has 0 heterocycles. The van der Waals surface area contributed by atoms with Crippen LogP contribution in [0.3, 0.4) is 0 Å². The highest BCUT2D eigenvalue weighted by atomic mass is 14.8. The normalized spacial score (nSPS) is 53.0. The lowest BCUT2D eigenvalue weighted by Crippen LogP contribution is -2.41. The van der Waals surface area contributed by atoms with E-state index in [0.29, 0.717) is 11.5 Å². The fourth-order valence-electron chi connectivity index (χ4n) is 2.68. The second kappa shape index (κ2) is 1.34. The van der Waals surface area contributed by atoms with Crippen molar-refractivity contribution in [1.82, 2.24) is 0 Å². The Hall–Kier alpha value is -0.0400. The standard InChI is InChI=1S/C8H15N/c1-8(2)5-3-6(8)7(9)4-5/h5-7H,3-4,9H2,1-2H3/t5-,6-,7-/m1/s1. The predicted molar refractivity (Wildman–Crippen MR) is 38.0 cm³/mol. The maximum absolute atomic E-state index is 5.90. The Morgan fingerprint density at radius 2 is 2.00 bits per heavy atom. The van der Waals surface area contributed by atoms with Gasteiger partial charge in [0, 0.05) is 6.04 Å². The zero-order valence-electron chi connectivity index (χ0n) is 6.22. The minimum absolute atomic E-state index is 0.532. The third-order valence-electron chi connectivity index (χ3n) is 3.62. The summed E-state index contributed by atoms with van der Waals surface area (Å²) < 4.78 is 0. The van der Waals surface area contributed by atoms with Crippen LogP contribution in [0.15, 0.2) is 0 Å². The fraction of sp³-hybridized carbons (Fsp3) is 1.00. The molecule has 2 N–H and O–H groups in total. The Bertz CT molecular complexity index is 140. The number of nitrogens with two attached hydrogens (primary N) is 1. The molecule has 0 aromatic carbocycles. The van der Waals surface area contributed by atoms with E-state index in [0.717, 1.165) is 11.8 Å². The number of rotatable bonds is 0. The van der Waals surface area contributed by atoms with Crippen molar-refractivity contribution < 1.29 is 0 Å². The van der Waals surface area contributed by atoms with Gasteiger partial charge in [0.2, 0.25) is 0 Å². The Morgan fingerprint density at radius 3 is 2.11 bits per heavy atom. The highest BCUT2D eigenvalue weighted by Crippen LogP contribution is 2.61. The Morgan fingerprint density at radius 1 is 1.33 bits per heavy atom. The zero-order chi connectivity index (χ0) is 6.65. The van der Waals surface area contributed by atoms with E-state index in [2.05, 4.69) is 13.8 Å². The van der Waals surface area contributed by atoms with E-state index in [-0.39, 0.29) is 0 Å². The molecule has 0 aromatic rings. The Kier molecular flexibility index (Phi) is 0.852. The van der Waals surface area contributed by atoms with Crippen molar-refractivity contribution in [2.24, 2.45) is 23.0 Å². The van der Waals surface area contributed by atoms with Crippen molar-refractivity contribution in [1.29, 1.82) is 0 Å². The highest BCUT2D eigenvalue weighted by Gasteiger charge is 2.56. The first-order chi connectivity index (χ1) is 4.12. The van der Waals surface area contributed by atoms with Gasteiger partial charge in [0.05, 0.1) is 0 Å². The van der Waals surface area contributed by atoms with E-state index < -0.39 is 0 Å². The van der Waals surface area contributed by atoms with Gasteiger partial charge < -0.3 is 5.73 Å². The molecular formula is C8H15N. The second-order valence-electron chi connectivity index (χ2n) is 4.26. The summed E-state index contributed by atoms with van der Waals surface area (Å²) in [5.74, 6) is 1.81. The first kappa shape index (κ1) is 5.72. The minimum atomic E-state index is 0.532. The van der Waals surface area contributed by atoms with Crippen molar-refractivity contribution in [3.8, 4) is 0 Å². The summed E-state index contributed by atoms with van der Waals surface area (Å²) >= 11 is 0. The van der Waals surface area contributed by atoms with Crippen LogP contribution in [0.1, 0.15) is 26.7 Å². The average Bonchev–Trinajstić information content (AvgIpc) is 2.20. The van der Waals surface area contributed by atoms with Gasteiger partial charge in [0.15, 0.2) is 0 Å². The van der Waals surface area contributed by atoms with E-state index in [9.17, 15) is 0 Å². The van der Waals surface area contributed by atoms with Crippen LogP contribution in [0, 0.1) is 17.3 Å². The largest absolute Gasteiger partial charge is 0.327 e. The van der Waals surface area contributed by atoms with Crippen molar-refractivity contribution >= 4 is 0 Å². The van der Waals surface area contributed by atoms with E-state index in [1.165, 1.54) is 12.8 Å². The molecule has 3 atom stereocenters. The van der Waals surface area contributed by atoms with Gasteiger partial charge in [-0.2, -0.15) is 0 Å². The van der Waals surface area contributed by atoms with E-state index in [1.54, 1.807) is 0 Å². The molecular weight excluding hydrogens is 110 g/mol. The molecule has 0 saturated heterocycles. The molecule has 9 heavy (non-hydrogen) atoms. The summed E-state index contributed by atoms with van der Waals surface area (Å²) in [5, 5.41) is 0. The molecule has 2 bridgehead atoms. The molecule has 0 aliphatic heterocycles.